The van der Waals surface area contributed by atoms with E-state index in [1.54, 1.807) is 12.1 Å². The van der Waals surface area contributed by atoms with E-state index in [-0.39, 0.29) is 5.75 Å². The van der Waals surface area contributed by atoms with Crippen LogP contribution < -0.4 is 9.80 Å². The maximum absolute atomic E-state index is 10.1. The monoisotopic (exact) mass is 424 g/mol. The standard InChI is InChI=1S/C26H24N4O2/c31-20-8-3-7-19(17-20)24-22-11-12-30(23-10-4-6-18-5-1-2-9-21(18)23)25(22)28-26(27-24)29-13-15-32-16-14-29/h1-10,17,31H,11-16H2. The second-order valence-electron chi connectivity index (χ2n) is 8.22. The highest BCUT2D eigenvalue weighted by atomic mass is 16.5. The number of rotatable bonds is 3. The van der Waals surface area contributed by atoms with Crippen LogP contribution in [0, 0.1) is 0 Å². The van der Waals surface area contributed by atoms with Gasteiger partial charge in [-0.1, -0.05) is 48.5 Å². The summed E-state index contributed by atoms with van der Waals surface area (Å²) in [7, 11) is 0. The predicted octanol–water partition coefficient (Wildman–Crippen LogP) is 4.53. The van der Waals surface area contributed by atoms with Gasteiger partial charge in [0.05, 0.1) is 24.6 Å². The van der Waals surface area contributed by atoms with Gasteiger partial charge in [-0.3, -0.25) is 0 Å². The summed E-state index contributed by atoms with van der Waals surface area (Å²) in [5.74, 6) is 1.92. The van der Waals surface area contributed by atoms with Crippen LogP contribution in [0.3, 0.4) is 0 Å². The first-order valence-corrected chi connectivity index (χ1v) is 11.1. The van der Waals surface area contributed by atoms with Crippen molar-refractivity contribution in [1.29, 1.82) is 0 Å². The second-order valence-corrected chi connectivity index (χ2v) is 8.22. The first-order valence-electron chi connectivity index (χ1n) is 11.1. The molecular formula is C26H24N4O2. The topological polar surface area (TPSA) is 61.7 Å². The third-order valence-electron chi connectivity index (χ3n) is 6.29. The number of phenols is 1. The van der Waals surface area contributed by atoms with E-state index in [9.17, 15) is 5.11 Å². The van der Waals surface area contributed by atoms with Gasteiger partial charge in [0, 0.05) is 36.1 Å². The van der Waals surface area contributed by atoms with Crippen LogP contribution in [-0.2, 0) is 11.2 Å². The van der Waals surface area contributed by atoms with Crippen LogP contribution in [0.1, 0.15) is 5.56 Å². The minimum absolute atomic E-state index is 0.242. The maximum atomic E-state index is 10.1. The fraction of sp³-hybridized carbons (Fsp3) is 0.231. The van der Waals surface area contributed by atoms with Gasteiger partial charge in [-0.2, -0.15) is 4.98 Å². The van der Waals surface area contributed by atoms with Gasteiger partial charge in [0.15, 0.2) is 0 Å². The quantitative estimate of drug-likeness (QED) is 0.521. The number of hydrogen-bond donors (Lipinski definition) is 1. The van der Waals surface area contributed by atoms with Crippen LogP contribution in [0.5, 0.6) is 5.75 Å². The lowest BCUT2D eigenvalue weighted by Gasteiger charge is -2.28. The van der Waals surface area contributed by atoms with Crippen molar-refractivity contribution in [1.82, 2.24) is 9.97 Å². The number of anilines is 3. The van der Waals surface area contributed by atoms with E-state index >= 15 is 0 Å². The molecule has 0 bridgehead atoms. The zero-order valence-corrected chi connectivity index (χ0v) is 17.7. The molecule has 2 aliphatic heterocycles. The van der Waals surface area contributed by atoms with Crippen molar-refractivity contribution in [3.63, 3.8) is 0 Å². The normalized spacial score (nSPS) is 15.9. The molecule has 3 heterocycles. The zero-order valence-electron chi connectivity index (χ0n) is 17.7. The Kier molecular flexibility index (Phi) is 4.65. The van der Waals surface area contributed by atoms with Gasteiger partial charge in [-0.25, -0.2) is 4.98 Å². The Balaban J connectivity index is 1.54. The Labute approximate surface area is 186 Å². The number of aromatic nitrogens is 2. The van der Waals surface area contributed by atoms with Gasteiger partial charge in [0.1, 0.15) is 11.6 Å². The van der Waals surface area contributed by atoms with Gasteiger partial charge in [0.25, 0.3) is 0 Å². The Morgan fingerprint density at radius 2 is 1.66 bits per heavy atom. The van der Waals surface area contributed by atoms with E-state index in [1.165, 1.54) is 10.8 Å². The summed E-state index contributed by atoms with van der Waals surface area (Å²) in [5, 5.41) is 12.5. The van der Waals surface area contributed by atoms with E-state index in [2.05, 4.69) is 52.3 Å². The Morgan fingerprint density at radius 3 is 2.53 bits per heavy atom. The summed E-state index contributed by atoms with van der Waals surface area (Å²) < 4.78 is 5.54. The smallest absolute Gasteiger partial charge is 0.228 e. The number of fused-ring (bicyclic) bond motifs is 2. The molecule has 6 rings (SSSR count). The average molecular weight is 425 g/mol. The van der Waals surface area contributed by atoms with E-state index in [0.717, 1.165) is 60.3 Å². The van der Waals surface area contributed by atoms with Crippen LogP contribution in [0.4, 0.5) is 17.5 Å². The Bertz CT molecular complexity index is 1300. The molecule has 3 aromatic carbocycles. The van der Waals surface area contributed by atoms with Gasteiger partial charge < -0.3 is 19.6 Å². The van der Waals surface area contributed by atoms with Gasteiger partial charge in [-0.05, 0) is 30.0 Å². The highest BCUT2D eigenvalue weighted by Crippen LogP contribution is 2.41. The minimum Gasteiger partial charge on any atom is -0.508 e. The summed E-state index contributed by atoms with van der Waals surface area (Å²) in [6.07, 6.45) is 0.854. The number of phenolic OH excluding ortho intramolecular Hbond substituents is 1. The van der Waals surface area contributed by atoms with Crippen molar-refractivity contribution in [2.45, 2.75) is 6.42 Å². The first kappa shape index (κ1) is 19.1. The lowest BCUT2D eigenvalue weighted by atomic mass is 10.1. The van der Waals surface area contributed by atoms with E-state index in [4.69, 9.17) is 14.7 Å². The molecule has 1 fully saturated rings. The number of ether oxygens (including phenoxy) is 1. The molecule has 0 radical (unpaired) electrons. The van der Waals surface area contributed by atoms with Crippen molar-refractivity contribution in [2.75, 3.05) is 42.6 Å². The minimum atomic E-state index is 0.242. The molecule has 160 valence electrons. The van der Waals surface area contributed by atoms with Crippen molar-refractivity contribution in [2.24, 2.45) is 0 Å². The number of aromatic hydroxyl groups is 1. The SMILES string of the molecule is Oc1cccc(-c2nc(N3CCOCC3)nc3c2CCN3c2cccc3ccccc23)c1. The number of morpholine rings is 1. The van der Waals surface area contributed by atoms with E-state index in [0.29, 0.717) is 13.2 Å². The van der Waals surface area contributed by atoms with Gasteiger partial charge in [0.2, 0.25) is 5.95 Å². The fourth-order valence-electron chi connectivity index (χ4n) is 4.72. The van der Waals surface area contributed by atoms with Crippen LogP contribution in [0.15, 0.2) is 66.7 Å². The molecule has 32 heavy (non-hydrogen) atoms. The second kappa shape index (κ2) is 7.80. The third kappa shape index (κ3) is 3.24. The van der Waals surface area contributed by atoms with E-state index < -0.39 is 0 Å². The van der Waals surface area contributed by atoms with Gasteiger partial charge >= 0.3 is 0 Å². The molecule has 1 aromatic heterocycles. The average Bonchev–Trinajstić information content (AvgIpc) is 3.27. The molecule has 0 spiro atoms. The zero-order chi connectivity index (χ0) is 21.5. The fourth-order valence-corrected chi connectivity index (χ4v) is 4.72. The summed E-state index contributed by atoms with van der Waals surface area (Å²) >= 11 is 0. The highest BCUT2D eigenvalue weighted by Gasteiger charge is 2.29. The summed E-state index contributed by atoms with van der Waals surface area (Å²) in [6, 6.07) is 22.2. The number of hydrogen-bond acceptors (Lipinski definition) is 6. The molecule has 0 amide bonds. The summed E-state index contributed by atoms with van der Waals surface area (Å²) in [6.45, 7) is 3.74. The summed E-state index contributed by atoms with van der Waals surface area (Å²) in [5.41, 5.74) is 4.10. The van der Waals surface area contributed by atoms with Crippen molar-refractivity contribution in [3.05, 3.63) is 72.3 Å². The predicted molar refractivity (Wildman–Crippen MR) is 127 cm³/mol. The van der Waals surface area contributed by atoms with E-state index in [1.807, 2.05) is 12.1 Å². The Hall–Kier alpha value is -3.64. The Morgan fingerprint density at radius 1 is 0.844 bits per heavy atom. The van der Waals surface area contributed by atoms with Crippen LogP contribution in [0.25, 0.3) is 22.0 Å². The molecule has 1 saturated heterocycles. The molecule has 0 aliphatic carbocycles. The highest BCUT2D eigenvalue weighted by molar-refractivity contribution is 5.97. The van der Waals surface area contributed by atoms with Crippen molar-refractivity contribution < 1.29 is 9.84 Å². The molecule has 1 N–H and O–H groups in total. The van der Waals surface area contributed by atoms with Gasteiger partial charge in [-0.15, -0.1) is 0 Å². The van der Waals surface area contributed by atoms with Crippen molar-refractivity contribution in [3.8, 4) is 17.0 Å². The van der Waals surface area contributed by atoms with Crippen molar-refractivity contribution >= 4 is 28.2 Å². The van der Waals surface area contributed by atoms with Crippen LogP contribution >= 0.6 is 0 Å². The first-order chi connectivity index (χ1) is 15.8. The lowest BCUT2D eigenvalue weighted by Crippen LogP contribution is -2.37. The number of nitrogens with zero attached hydrogens (tertiary/aromatic N) is 4. The molecule has 6 nitrogen and oxygen atoms in total. The largest absolute Gasteiger partial charge is 0.508 e. The summed E-state index contributed by atoms with van der Waals surface area (Å²) in [4.78, 5) is 14.6. The molecule has 2 aliphatic rings. The molecule has 4 aromatic rings. The molecular weight excluding hydrogens is 400 g/mol. The molecule has 6 heteroatoms. The third-order valence-corrected chi connectivity index (χ3v) is 6.29. The molecule has 0 atom stereocenters. The maximum Gasteiger partial charge on any atom is 0.228 e. The molecule has 0 unspecified atom stereocenters. The lowest BCUT2D eigenvalue weighted by molar-refractivity contribution is 0.122. The number of benzene rings is 3. The van der Waals surface area contributed by atoms with Crippen LogP contribution in [-0.4, -0.2) is 47.9 Å². The molecule has 0 saturated carbocycles. The van der Waals surface area contributed by atoms with Crippen LogP contribution in [0.2, 0.25) is 0 Å².